The van der Waals surface area contributed by atoms with Gasteiger partial charge in [0.15, 0.2) is 18.1 Å². The van der Waals surface area contributed by atoms with E-state index in [2.05, 4.69) is 4.98 Å². The van der Waals surface area contributed by atoms with Crippen LogP contribution >= 0.6 is 0 Å². The Kier molecular flexibility index (Phi) is 4.18. The van der Waals surface area contributed by atoms with E-state index >= 15 is 0 Å². The topological polar surface area (TPSA) is 103 Å². The smallest absolute Gasteiger partial charge is 0.366 e. The number of Topliss-reactive ketones (excluding diaryl/α,β-unsaturated/α-hetero) is 1. The quantitative estimate of drug-likeness (QED) is 0.480. The van der Waals surface area contributed by atoms with Gasteiger partial charge >= 0.3 is 5.82 Å². The first-order valence-electron chi connectivity index (χ1n) is 7.56. The van der Waals surface area contributed by atoms with E-state index in [4.69, 9.17) is 4.74 Å². The van der Waals surface area contributed by atoms with Crippen LogP contribution in [0.4, 0.5) is 11.6 Å². The highest BCUT2D eigenvalue weighted by Gasteiger charge is 2.33. The number of aryl methyl sites for hydroxylation is 2. The predicted molar refractivity (Wildman–Crippen MR) is 89.0 cm³/mol. The molecule has 1 aliphatic rings. The summed E-state index contributed by atoms with van der Waals surface area (Å²) in [5, 5.41) is 10.9. The number of rotatable bonds is 4. The lowest BCUT2D eigenvalue weighted by molar-refractivity contribution is -0.389. The Morgan fingerprint density at radius 2 is 2.04 bits per heavy atom. The molecule has 8 heteroatoms. The second-order valence-electron chi connectivity index (χ2n) is 5.74. The van der Waals surface area contributed by atoms with Crippen molar-refractivity contribution in [2.24, 2.45) is 0 Å². The molecule has 2 aromatic rings. The van der Waals surface area contributed by atoms with Crippen molar-refractivity contribution in [1.82, 2.24) is 4.98 Å². The Bertz CT molecular complexity index is 894. The molecule has 0 saturated carbocycles. The summed E-state index contributed by atoms with van der Waals surface area (Å²) in [5.74, 6) is -0.948. The van der Waals surface area contributed by atoms with Gasteiger partial charge in [-0.2, -0.15) is 0 Å². The number of ketones is 1. The highest BCUT2D eigenvalue weighted by molar-refractivity contribution is 6.06. The van der Waals surface area contributed by atoms with E-state index in [0.29, 0.717) is 5.56 Å². The number of nitrogens with zero attached hydrogens (tertiary/aromatic N) is 3. The standard InChI is InChI=1S/C17H15N3O5/c1-10-3-4-12(7-11(10)2)13(21)8-19-16(22)9-25-14-5-6-15(20(23)24)18-17(14)19/h3-7H,8-9H2,1-2H3. The highest BCUT2D eigenvalue weighted by Crippen LogP contribution is 2.32. The van der Waals surface area contributed by atoms with Gasteiger partial charge in [-0.05, 0) is 47.0 Å². The van der Waals surface area contributed by atoms with Crippen molar-refractivity contribution in [3.8, 4) is 5.75 Å². The normalized spacial score (nSPS) is 13.2. The van der Waals surface area contributed by atoms with Crippen molar-refractivity contribution in [3.05, 3.63) is 57.1 Å². The molecule has 1 aromatic carbocycles. The minimum atomic E-state index is -0.664. The van der Waals surface area contributed by atoms with Crippen molar-refractivity contribution in [3.63, 3.8) is 0 Å². The summed E-state index contributed by atoms with van der Waals surface area (Å²) >= 11 is 0. The zero-order valence-corrected chi connectivity index (χ0v) is 13.7. The monoisotopic (exact) mass is 341 g/mol. The van der Waals surface area contributed by atoms with Crippen LogP contribution in [0.1, 0.15) is 21.5 Å². The minimum absolute atomic E-state index is 0.0115. The second kappa shape index (κ2) is 6.31. The number of carbonyl (C=O) groups excluding carboxylic acids is 2. The molecule has 3 rings (SSSR count). The number of benzene rings is 1. The predicted octanol–water partition coefficient (Wildman–Crippen LogP) is 2.21. The number of anilines is 1. The first-order valence-corrected chi connectivity index (χ1v) is 7.56. The van der Waals surface area contributed by atoms with Gasteiger partial charge in [0.1, 0.15) is 0 Å². The Balaban J connectivity index is 1.93. The van der Waals surface area contributed by atoms with Gasteiger partial charge in [0, 0.05) is 11.6 Å². The summed E-state index contributed by atoms with van der Waals surface area (Å²) < 4.78 is 5.24. The second-order valence-corrected chi connectivity index (χ2v) is 5.74. The lowest BCUT2D eigenvalue weighted by atomic mass is 10.0. The van der Waals surface area contributed by atoms with Crippen LogP contribution in [0.15, 0.2) is 30.3 Å². The molecule has 0 N–H and O–H groups in total. The van der Waals surface area contributed by atoms with Crippen LogP contribution in [0.2, 0.25) is 0 Å². The van der Waals surface area contributed by atoms with Crippen LogP contribution in [-0.4, -0.2) is 34.7 Å². The number of nitro groups is 1. The third kappa shape index (κ3) is 3.18. The fourth-order valence-corrected chi connectivity index (χ4v) is 2.48. The van der Waals surface area contributed by atoms with Crippen LogP contribution in [-0.2, 0) is 4.79 Å². The molecule has 0 atom stereocenters. The fraction of sp³-hybridized carbons (Fsp3) is 0.235. The number of hydrogen-bond acceptors (Lipinski definition) is 6. The third-order valence-corrected chi connectivity index (χ3v) is 4.05. The summed E-state index contributed by atoms with van der Waals surface area (Å²) in [6, 6.07) is 7.85. The van der Waals surface area contributed by atoms with Crippen molar-refractivity contribution in [2.75, 3.05) is 18.1 Å². The molecular formula is C17H15N3O5. The third-order valence-electron chi connectivity index (χ3n) is 4.05. The van der Waals surface area contributed by atoms with Crippen LogP contribution in [0, 0.1) is 24.0 Å². The maximum absolute atomic E-state index is 12.6. The average molecular weight is 341 g/mol. The zero-order valence-electron chi connectivity index (χ0n) is 13.7. The van der Waals surface area contributed by atoms with E-state index in [1.807, 2.05) is 19.9 Å². The van der Waals surface area contributed by atoms with E-state index in [1.54, 1.807) is 12.1 Å². The molecule has 1 aliphatic heterocycles. The van der Waals surface area contributed by atoms with E-state index in [1.165, 1.54) is 12.1 Å². The van der Waals surface area contributed by atoms with Crippen molar-refractivity contribution in [2.45, 2.75) is 13.8 Å². The first kappa shape index (κ1) is 16.6. The van der Waals surface area contributed by atoms with Crippen LogP contribution < -0.4 is 9.64 Å². The van der Waals surface area contributed by atoms with Crippen molar-refractivity contribution >= 4 is 23.3 Å². The molecule has 0 fully saturated rings. The number of fused-ring (bicyclic) bond motifs is 1. The van der Waals surface area contributed by atoms with Gasteiger partial charge in [0.25, 0.3) is 11.7 Å². The Morgan fingerprint density at radius 3 is 2.72 bits per heavy atom. The number of hydrogen-bond donors (Lipinski definition) is 0. The fourth-order valence-electron chi connectivity index (χ4n) is 2.48. The number of aromatic nitrogens is 1. The van der Waals surface area contributed by atoms with Gasteiger partial charge < -0.3 is 14.9 Å². The van der Waals surface area contributed by atoms with Gasteiger partial charge in [-0.15, -0.1) is 0 Å². The van der Waals surface area contributed by atoms with Gasteiger partial charge in [-0.1, -0.05) is 12.1 Å². The van der Waals surface area contributed by atoms with Gasteiger partial charge in [0.2, 0.25) is 0 Å². The molecule has 1 aromatic heterocycles. The summed E-state index contributed by atoms with van der Waals surface area (Å²) in [4.78, 5) is 40.0. The number of pyridine rings is 1. The molecule has 25 heavy (non-hydrogen) atoms. The van der Waals surface area contributed by atoms with Gasteiger partial charge in [-0.3, -0.25) is 14.5 Å². The maximum Gasteiger partial charge on any atom is 0.366 e. The van der Waals surface area contributed by atoms with E-state index in [9.17, 15) is 19.7 Å². The molecule has 2 heterocycles. The first-order chi connectivity index (χ1) is 11.9. The van der Waals surface area contributed by atoms with Crippen LogP contribution in [0.5, 0.6) is 5.75 Å². The highest BCUT2D eigenvalue weighted by atomic mass is 16.6. The zero-order chi connectivity index (χ0) is 18.1. The summed E-state index contributed by atoms with van der Waals surface area (Å²) in [7, 11) is 0. The largest absolute Gasteiger partial charge is 0.477 e. The van der Waals surface area contributed by atoms with Gasteiger partial charge in [0.05, 0.1) is 6.54 Å². The Labute approximate surface area is 143 Å². The van der Waals surface area contributed by atoms with Gasteiger partial charge in [-0.25, -0.2) is 0 Å². The molecule has 0 radical (unpaired) electrons. The molecule has 0 aliphatic carbocycles. The number of ether oxygens (including phenoxy) is 1. The van der Waals surface area contributed by atoms with Crippen molar-refractivity contribution in [1.29, 1.82) is 0 Å². The van der Waals surface area contributed by atoms with E-state index in [0.717, 1.165) is 16.0 Å². The van der Waals surface area contributed by atoms with Crippen LogP contribution in [0.3, 0.4) is 0 Å². The van der Waals surface area contributed by atoms with Crippen LogP contribution in [0.25, 0.3) is 0 Å². The summed E-state index contributed by atoms with van der Waals surface area (Å²) in [6.07, 6.45) is 0. The molecule has 0 bridgehead atoms. The molecule has 0 saturated heterocycles. The summed E-state index contributed by atoms with van der Waals surface area (Å²) in [5.41, 5.74) is 2.49. The Morgan fingerprint density at radius 1 is 1.28 bits per heavy atom. The summed E-state index contributed by atoms with van der Waals surface area (Å²) in [6.45, 7) is 3.33. The molecule has 1 amide bonds. The van der Waals surface area contributed by atoms with E-state index < -0.39 is 16.6 Å². The lowest BCUT2D eigenvalue weighted by Gasteiger charge is -2.24. The molecule has 0 spiro atoms. The number of carbonyl (C=O) groups is 2. The molecule has 8 nitrogen and oxygen atoms in total. The van der Waals surface area contributed by atoms with E-state index in [-0.39, 0.29) is 30.5 Å². The average Bonchev–Trinajstić information content (AvgIpc) is 2.59. The minimum Gasteiger partial charge on any atom is -0.477 e. The molecule has 128 valence electrons. The lowest BCUT2D eigenvalue weighted by Crippen LogP contribution is -2.42. The number of amides is 1. The SMILES string of the molecule is Cc1ccc(C(=O)CN2C(=O)COc3ccc([N+](=O)[O-])nc32)cc1C. The van der Waals surface area contributed by atoms with Crippen molar-refractivity contribution < 1.29 is 19.2 Å². The maximum atomic E-state index is 12.6. The molecule has 0 unspecified atom stereocenters. The molecular weight excluding hydrogens is 326 g/mol. The Hall–Kier alpha value is -3.29.